The molecule has 0 bridgehead atoms. The molecule has 1 N–H and O–H groups in total. The molecule has 5 nitrogen and oxygen atoms in total. The second-order valence-electron chi connectivity index (χ2n) is 3.97. The average Bonchev–Trinajstić information content (AvgIpc) is 2.89. The van der Waals surface area contributed by atoms with Gasteiger partial charge in [-0.1, -0.05) is 0 Å². The van der Waals surface area contributed by atoms with Gasteiger partial charge in [0.15, 0.2) is 15.3 Å². The van der Waals surface area contributed by atoms with Crippen molar-refractivity contribution in [2.45, 2.75) is 6.54 Å². The molecule has 0 aliphatic rings. The minimum Gasteiger partial charge on any atom is -0.493 e. The lowest BCUT2D eigenvalue weighted by molar-refractivity contribution is 0.324. The summed E-state index contributed by atoms with van der Waals surface area (Å²) in [5, 5.41) is 3.26. The van der Waals surface area contributed by atoms with Crippen LogP contribution in [0, 0.1) is 3.77 Å². The number of hydrogen-bond donors (Lipinski definition) is 1. The van der Waals surface area contributed by atoms with Crippen molar-refractivity contribution < 1.29 is 18.6 Å². The summed E-state index contributed by atoms with van der Waals surface area (Å²) in [7, 11) is 4.77. The minimum atomic E-state index is 0.577. The molecule has 2 aromatic rings. The van der Waals surface area contributed by atoms with E-state index in [2.05, 4.69) is 27.9 Å². The van der Waals surface area contributed by atoms with E-state index in [-0.39, 0.29) is 0 Å². The molecule has 1 aromatic heterocycles. The smallest absolute Gasteiger partial charge is 0.203 e. The summed E-state index contributed by atoms with van der Waals surface area (Å²) in [5.41, 5.74) is 0.867. The zero-order valence-electron chi connectivity index (χ0n) is 11.5. The van der Waals surface area contributed by atoms with Gasteiger partial charge in [-0.15, -0.1) is 0 Å². The number of hydrogen-bond acceptors (Lipinski definition) is 5. The van der Waals surface area contributed by atoms with Crippen molar-refractivity contribution in [3.63, 3.8) is 0 Å². The first-order valence-corrected chi connectivity index (χ1v) is 7.04. The molecule has 0 atom stereocenters. The molecule has 0 spiro atoms. The predicted molar refractivity (Wildman–Crippen MR) is 84.8 cm³/mol. The van der Waals surface area contributed by atoms with E-state index in [1.165, 1.54) is 0 Å². The Morgan fingerprint density at radius 3 is 2.15 bits per heavy atom. The monoisotopic (exact) mass is 389 g/mol. The minimum absolute atomic E-state index is 0.577. The second kappa shape index (κ2) is 6.74. The number of anilines is 1. The second-order valence-corrected chi connectivity index (χ2v) is 5.04. The van der Waals surface area contributed by atoms with E-state index in [0.29, 0.717) is 23.8 Å². The molecule has 108 valence electrons. The van der Waals surface area contributed by atoms with Gasteiger partial charge in [0.1, 0.15) is 5.76 Å². The van der Waals surface area contributed by atoms with Gasteiger partial charge in [0.05, 0.1) is 27.9 Å². The molecule has 1 aromatic carbocycles. The highest BCUT2D eigenvalue weighted by Gasteiger charge is 2.13. The molecule has 0 saturated carbocycles. The van der Waals surface area contributed by atoms with Gasteiger partial charge in [-0.25, -0.2) is 0 Å². The van der Waals surface area contributed by atoms with Crippen LogP contribution in [0.2, 0.25) is 0 Å². The third-order valence-electron chi connectivity index (χ3n) is 2.76. The lowest BCUT2D eigenvalue weighted by Crippen LogP contribution is -2.01. The van der Waals surface area contributed by atoms with Crippen LogP contribution in [-0.2, 0) is 6.54 Å². The third-order valence-corrected chi connectivity index (χ3v) is 3.34. The van der Waals surface area contributed by atoms with Crippen LogP contribution in [0.15, 0.2) is 28.7 Å². The van der Waals surface area contributed by atoms with Gasteiger partial charge in [-0.05, 0) is 34.7 Å². The Balaban J connectivity index is 2.19. The van der Waals surface area contributed by atoms with Gasteiger partial charge in [0, 0.05) is 17.8 Å². The Hall–Kier alpha value is -1.57. The highest BCUT2D eigenvalue weighted by Crippen LogP contribution is 2.40. The van der Waals surface area contributed by atoms with Gasteiger partial charge in [-0.3, -0.25) is 0 Å². The zero-order valence-corrected chi connectivity index (χ0v) is 13.7. The van der Waals surface area contributed by atoms with Crippen LogP contribution in [0.3, 0.4) is 0 Å². The zero-order chi connectivity index (χ0) is 14.5. The number of nitrogens with one attached hydrogen (secondary N) is 1. The van der Waals surface area contributed by atoms with Crippen LogP contribution < -0.4 is 19.5 Å². The average molecular weight is 389 g/mol. The molecule has 0 aliphatic carbocycles. The van der Waals surface area contributed by atoms with Gasteiger partial charge in [-0.2, -0.15) is 0 Å². The van der Waals surface area contributed by atoms with E-state index in [9.17, 15) is 0 Å². The molecule has 2 rings (SSSR count). The summed E-state index contributed by atoms with van der Waals surface area (Å²) < 4.78 is 22.3. The van der Waals surface area contributed by atoms with Crippen LogP contribution in [0.5, 0.6) is 17.2 Å². The Morgan fingerprint density at radius 2 is 1.70 bits per heavy atom. The third kappa shape index (κ3) is 3.30. The van der Waals surface area contributed by atoms with Gasteiger partial charge < -0.3 is 23.9 Å². The van der Waals surface area contributed by atoms with E-state index >= 15 is 0 Å². The van der Waals surface area contributed by atoms with Gasteiger partial charge >= 0.3 is 0 Å². The van der Waals surface area contributed by atoms with E-state index < -0.39 is 0 Å². The van der Waals surface area contributed by atoms with Crippen molar-refractivity contribution in [2.24, 2.45) is 0 Å². The molecule has 0 amide bonds. The van der Waals surface area contributed by atoms with E-state index in [1.54, 1.807) is 21.3 Å². The summed E-state index contributed by atoms with van der Waals surface area (Å²) in [4.78, 5) is 0. The first-order valence-electron chi connectivity index (χ1n) is 5.96. The van der Waals surface area contributed by atoms with E-state index in [4.69, 9.17) is 18.6 Å². The first-order chi connectivity index (χ1) is 9.67. The molecule has 0 saturated heterocycles. The maximum absolute atomic E-state index is 5.50. The maximum atomic E-state index is 5.50. The number of methoxy groups -OCH3 is 3. The molecule has 6 heteroatoms. The van der Waals surface area contributed by atoms with Crippen molar-refractivity contribution >= 4 is 28.3 Å². The Labute approximate surface area is 131 Å². The lowest BCUT2D eigenvalue weighted by atomic mass is 10.2. The lowest BCUT2D eigenvalue weighted by Gasteiger charge is -2.14. The molecule has 0 radical (unpaired) electrons. The number of benzene rings is 1. The molecule has 20 heavy (non-hydrogen) atoms. The molecular formula is C14H16INO4. The standard InChI is InChI=1S/C14H16INO4/c1-17-11-6-9(7-12(18-2)14(11)19-3)16-8-10-4-5-13(15)20-10/h4-7,16H,8H2,1-3H3. The van der Waals surface area contributed by atoms with Crippen LogP contribution in [0.4, 0.5) is 5.69 Å². The summed E-state index contributed by atoms with van der Waals surface area (Å²) in [6, 6.07) is 7.57. The SMILES string of the molecule is COc1cc(NCc2ccc(I)o2)cc(OC)c1OC. The summed E-state index contributed by atoms with van der Waals surface area (Å²) >= 11 is 2.14. The van der Waals surface area contributed by atoms with Crippen molar-refractivity contribution in [3.8, 4) is 17.2 Å². The maximum Gasteiger partial charge on any atom is 0.203 e. The molecule has 1 heterocycles. The van der Waals surface area contributed by atoms with Crippen molar-refractivity contribution in [1.82, 2.24) is 0 Å². The highest BCUT2D eigenvalue weighted by atomic mass is 127. The van der Waals surface area contributed by atoms with Crippen LogP contribution in [0.25, 0.3) is 0 Å². The van der Waals surface area contributed by atoms with Crippen LogP contribution in [-0.4, -0.2) is 21.3 Å². The van der Waals surface area contributed by atoms with Crippen LogP contribution in [0.1, 0.15) is 5.76 Å². The highest BCUT2D eigenvalue weighted by molar-refractivity contribution is 14.1. The Kier molecular flexibility index (Phi) is 4.99. The fourth-order valence-electron chi connectivity index (χ4n) is 1.82. The van der Waals surface area contributed by atoms with Crippen LogP contribution >= 0.6 is 22.6 Å². The number of ether oxygens (including phenoxy) is 3. The van der Waals surface area contributed by atoms with E-state index in [0.717, 1.165) is 15.2 Å². The van der Waals surface area contributed by atoms with Crippen molar-refractivity contribution in [3.05, 3.63) is 33.8 Å². The largest absolute Gasteiger partial charge is 0.493 e. The Bertz CT molecular complexity index is 557. The first kappa shape index (κ1) is 14.8. The van der Waals surface area contributed by atoms with Crippen molar-refractivity contribution in [1.29, 1.82) is 0 Å². The fraction of sp³-hybridized carbons (Fsp3) is 0.286. The molecule has 0 aliphatic heterocycles. The molecule has 0 unspecified atom stereocenters. The quantitative estimate of drug-likeness (QED) is 0.767. The molecular weight excluding hydrogens is 373 g/mol. The number of furan rings is 1. The Morgan fingerprint density at radius 1 is 1.05 bits per heavy atom. The van der Waals surface area contributed by atoms with Gasteiger partial charge in [0.25, 0.3) is 0 Å². The summed E-state index contributed by atoms with van der Waals surface area (Å²) in [6.07, 6.45) is 0. The van der Waals surface area contributed by atoms with E-state index in [1.807, 2.05) is 24.3 Å². The van der Waals surface area contributed by atoms with Crippen molar-refractivity contribution in [2.75, 3.05) is 26.6 Å². The summed E-state index contributed by atoms with van der Waals surface area (Å²) in [6.45, 7) is 0.585. The topological polar surface area (TPSA) is 52.9 Å². The summed E-state index contributed by atoms with van der Waals surface area (Å²) in [5.74, 6) is 2.67. The molecule has 0 fully saturated rings. The van der Waals surface area contributed by atoms with Gasteiger partial charge in [0.2, 0.25) is 5.75 Å². The number of rotatable bonds is 6. The predicted octanol–water partition coefficient (Wildman–Crippen LogP) is 3.52. The number of halogens is 1. The fourth-order valence-corrected chi connectivity index (χ4v) is 2.28. The normalized spacial score (nSPS) is 10.2.